The predicted molar refractivity (Wildman–Crippen MR) is 77.3 cm³/mol. The lowest BCUT2D eigenvalue weighted by molar-refractivity contribution is 0.102. The summed E-state index contributed by atoms with van der Waals surface area (Å²) in [5.41, 5.74) is 6.30. The third-order valence-electron chi connectivity index (χ3n) is 3.03. The summed E-state index contributed by atoms with van der Waals surface area (Å²) < 4.78 is 1.62. The first-order valence-electron chi connectivity index (χ1n) is 6.09. The highest BCUT2D eigenvalue weighted by atomic mass is 16.1. The zero-order chi connectivity index (χ0) is 14.1. The Hall–Kier alpha value is -2.89. The normalized spacial score (nSPS) is 10.7. The van der Waals surface area contributed by atoms with Gasteiger partial charge in [0, 0.05) is 30.9 Å². The molecule has 0 unspecified atom stereocenters. The van der Waals surface area contributed by atoms with E-state index in [9.17, 15) is 4.79 Å². The lowest BCUT2D eigenvalue weighted by Gasteiger charge is -2.07. The summed E-state index contributed by atoms with van der Waals surface area (Å²) >= 11 is 0. The van der Waals surface area contributed by atoms with E-state index in [1.165, 1.54) is 6.20 Å². The van der Waals surface area contributed by atoms with Gasteiger partial charge in [0.05, 0.1) is 5.56 Å². The van der Waals surface area contributed by atoms with Crippen LogP contribution in [-0.4, -0.2) is 20.7 Å². The molecule has 0 aliphatic carbocycles. The predicted octanol–water partition coefficient (Wildman–Crippen LogP) is 1.80. The molecule has 0 aliphatic heterocycles. The lowest BCUT2D eigenvalue weighted by Crippen LogP contribution is -2.14. The first-order chi connectivity index (χ1) is 9.65. The van der Waals surface area contributed by atoms with Crippen LogP contribution in [-0.2, 0) is 7.05 Å². The summed E-state index contributed by atoms with van der Waals surface area (Å²) in [5.74, 6) is 0.654. The molecule has 0 spiro atoms. The highest BCUT2D eigenvalue weighted by Gasteiger charge is 2.13. The number of hydrogen-bond acceptors (Lipinski definition) is 4. The van der Waals surface area contributed by atoms with Gasteiger partial charge in [-0.2, -0.15) is 5.10 Å². The molecular weight excluding hydrogens is 254 g/mol. The van der Waals surface area contributed by atoms with Gasteiger partial charge in [-0.15, -0.1) is 0 Å². The molecule has 1 amide bonds. The van der Waals surface area contributed by atoms with Gasteiger partial charge in [0.15, 0.2) is 5.82 Å². The third-order valence-corrected chi connectivity index (χ3v) is 3.03. The molecule has 0 fully saturated rings. The minimum Gasteiger partial charge on any atom is -0.383 e. The lowest BCUT2D eigenvalue weighted by atomic mass is 10.1. The third kappa shape index (κ3) is 2.07. The minimum absolute atomic E-state index is 0.257. The summed E-state index contributed by atoms with van der Waals surface area (Å²) in [6, 6.07) is 9.14. The fourth-order valence-electron chi connectivity index (χ4n) is 2.06. The zero-order valence-electron chi connectivity index (χ0n) is 10.9. The molecule has 0 saturated heterocycles. The van der Waals surface area contributed by atoms with Gasteiger partial charge >= 0.3 is 0 Å². The number of nitrogens with one attached hydrogen (secondary N) is 1. The van der Waals surface area contributed by atoms with Gasteiger partial charge in [0.25, 0.3) is 5.91 Å². The molecule has 3 rings (SSSR count). The largest absolute Gasteiger partial charge is 0.383 e. The van der Waals surface area contributed by atoms with Gasteiger partial charge in [-0.25, -0.2) is 4.98 Å². The van der Waals surface area contributed by atoms with E-state index in [1.54, 1.807) is 24.0 Å². The number of aryl methyl sites for hydroxylation is 1. The van der Waals surface area contributed by atoms with Gasteiger partial charge in [0.1, 0.15) is 5.82 Å². The molecular formula is C14H13N5O. The number of aromatic nitrogens is 3. The molecule has 1 aromatic carbocycles. The molecule has 100 valence electrons. The summed E-state index contributed by atoms with van der Waals surface area (Å²) in [5, 5.41) is 8.39. The molecule has 0 aliphatic rings. The number of hydrogen-bond donors (Lipinski definition) is 2. The van der Waals surface area contributed by atoms with Crippen LogP contribution in [0.4, 0.5) is 11.6 Å². The second kappa shape index (κ2) is 4.65. The minimum atomic E-state index is -0.257. The first kappa shape index (κ1) is 12.2. The number of nitrogens with zero attached hydrogens (tertiary/aromatic N) is 3. The Kier molecular flexibility index (Phi) is 2.83. The fourth-order valence-corrected chi connectivity index (χ4v) is 2.06. The number of fused-ring (bicyclic) bond motifs is 1. The number of carbonyl (C=O) groups is 1. The molecule has 0 saturated carbocycles. The quantitative estimate of drug-likeness (QED) is 0.741. The van der Waals surface area contributed by atoms with E-state index in [0.29, 0.717) is 17.2 Å². The van der Waals surface area contributed by atoms with E-state index in [2.05, 4.69) is 15.4 Å². The van der Waals surface area contributed by atoms with Crippen molar-refractivity contribution in [2.24, 2.45) is 7.05 Å². The Morgan fingerprint density at radius 1 is 1.25 bits per heavy atom. The molecule has 2 heterocycles. The van der Waals surface area contributed by atoms with E-state index in [-0.39, 0.29) is 5.91 Å². The van der Waals surface area contributed by atoms with Gasteiger partial charge < -0.3 is 11.1 Å². The molecule has 6 heteroatoms. The van der Waals surface area contributed by atoms with E-state index < -0.39 is 0 Å². The molecule has 0 radical (unpaired) electrons. The van der Waals surface area contributed by atoms with Crippen molar-refractivity contribution >= 4 is 28.3 Å². The van der Waals surface area contributed by atoms with Crippen molar-refractivity contribution < 1.29 is 4.79 Å². The summed E-state index contributed by atoms with van der Waals surface area (Å²) in [7, 11) is 1.79. The van der Waals surface area contributed by atoms with Crippen LogP contribution in [0.3, 0.4) is 0 Å². The van der Waals surface area contributed by atoms with Gasteiger partial charge in [-0.05, 0) is 5.39 Å². The Balaban J connectivity index is 2.01. The number of nitrogen functional groups attached to an aromatic ring is 1. The van der Waals surface area contributed by atoms with Crippen LogP contribution in [0.2, 0.25) is 0 Å². The van der Waals surface area contributed by atoms with Crippen molar-refractivity contribution in [2.45, 2.75) is 0 Å². The van der Waals surface area contributed by atoms with Crippen LogP contribution in [0, 0.1) is 0 Å². The molecule has 0 bridgehead atoms. The number of benzene rings is 1. The van der Waals surface area contributed by atoms with Gasteiger partial charge in [0.2, 0.25) is 0 Å². The zero-order valence-corrected chi connectivity index (χ0v) is 10.9. The Morgan fingerprint density at radius 3 is 2.70 bits per heavy atom. The number of amides is 1. The van der Waals surface area contributed by atoms with Crippen molar-refractivity contribution in [3.8, 4) is 0 Å². The van der Waals surface area contributed by atoms with Crippen LogP contribution >= 0.6 is 0 Å². The van der Waals surface area contributed by atoms with Crippen molar-refractivity contribution in [3.63, 3.8) is 0 Å². The molecule has 2 aromatic heterocycles. The SMILES string of the molecule is Cn1ccc(NC(=O)c2cnc(N)c3ccccc23)n1. The van der Waals surface area contributed by atoms with E-state index in [4.69, 9.17) is 5.73 Å². The van der Waals surface area contributed by atoms with Crippen LogP contribution in [0.5, 0.6) is 0 Å². The number of anilines is 2. The molecule has 0 atom stereocenters. The van der Waals surface area contributed by atoms with Crippen LogP contribution < -0.4 is 11.1 Å². The number of pyridine rings is 1. The van der Waals surface area contributed by atoms with Crippen molar-refractivity contribution in [1.82, 2.24) is 14.8 Å². The van der Waals surface area contributed by atoms with Crippen LogP contribution in [0.15, 0.2) is 42.7 Å². The van der Waals surface area contributed by atoms with E-state index in [1.807, 2.05) is 24.3 Å². The van der Waals surface area contributed by atoms with Crippen LogP contribution in [0.25, 0.3) is 10.8 Å². The van der Waals surface area contributed by atoms with E-state index in [0.717, 1.165) is 10.8 Å². The fraction of sp³-hybridized carbons (Fsp3) is 0.0714. The molecule has 6 nitrogen and oxygen atoms in total. The average molecular weight is 267 g/mol. The first-order valence-corrected chi connectivity index (χ1v) is 6.09. The maximum absolute atomic E-state index is 12.3. The Bertz CT molecular complexity index is 793. The van der Waals surface area contributed by atoms with Crippen molar-refractivity contribution in [3.05, 3.63) is 48.3 Å². The van der Waals surface area contributed by atoms with Gasteiger partial charge in [-0.3, -0.25) is 9.48 Å². The Labute approximate surface area is 115 Å². The Morgan fingerprint density at radius 2 is 2.00 bits per heavy atom. The van der Waals surface area contributed by atoms with Crippen molar-refractivity contribution in [1.29, 1.82) is 0 Å². The highest BCUT2D eigenvalue weighted by molar-refractivity contribution is 6.13. The second-order valence-corrected chi connectivity index (χ2v) is 4.43. The summed E-state index contributed by atoms with van der Waals surface area (Å²) in [6.07, 6.45) is 3.24. The maximum Gasteiger partial charge on any atom is 0.259 e. The van der Waals surface area contributed by atoms with Gasteiger partial charge in [-0.1, -0.05) is 24.3 Å². The topological polar surface area (TPSA) is 85.8 Å². The van der Waals surface area contributed by atoms with Crippen LogP contribution in [0.1, 0.15) is 10.4 Å². The molecule has 3 N–H and O–H groups in total. The van der Waals surface area contributed by atoms with E-state index >= 15 is 0 Å². The number of rotatable bonds is 2. The van der Waals surface area contributed by atoms with Crippen molar-refractivity contribution in [2.75, 3.05) is 11.1 Å². The second-order valence-electron chi connectivity index (χ2n) is 4.43. The average Bonchev–Trinajstić information content (AvgIpc) is 2.84. The highest BCUT2D eigenvalue weighted by Crippen LogP contribution is 2.22. The molecule has 3 aromatic rings. The standard InChI is InChI=1S/C14H13N5O/c1-19-7-6-12(18-19)17-14(20)11-8-16-13(15)10-5-3-2-4-9(10)11/h2-8H,1H3,(H2,15,16)(H,17,18,20). The maximum atomic E-state index is 12.3. The number of nitrogens with two attached hydrogens (primary N) is 1. The smallest absolute Gasteiger partial charge is 0.259 e. The monoisotopic (exact) mass is 267 g/mol. The molecule has 20 heavy (non-hydrogen) atoms. The summed E-state index contributed by atoms with van der Waals surface area (Å²) in [6.45, 7) is 0. The number of carbonyl (C=O) groups excluding carboxylic acids is 1. The summed E-state index contributed by atoms with van der Waals surface area (Å²) in [4.78, 5) is 16.4.